The summed E-state index contributed by atoms with van der Waals surface area (Å²) in [5, 5.41) is 23.0. The number of rotatable bonds is 5. The Bertz CT molecular complexity index is 1060. The molecule has 4 heterocycles. The molecule has 2 aliphatic rings. The van der Waals surface area contributed by atoms with Crippen molar-refractivity contribution in [2.24, 2.45) is 5.92 Å². The molecule has 0 aromatic carbocycles. The molecule has 2 fully saturated rings. The van der Waals surface area contributed by atoms with Gasteiger partial charge >= 0.3 is 5.97 Å². The Morgan fingerprint density at radius 1 is 1.10 bits per heavy atom. The van der Waals surface area contributed by atoms with Gasteiger partial charge in [-0.1, -0.05) is 24.2 Å². The number of fused-ring (bicyclic) bond motifs is 1. The van der Waals surface area contributed by atoms with E-state index in [1.807, 2.05) is 24.4 Å². The first-order valence-corrected chi connectivity index (χ1v) is 11.3. The Morgan fingerprint density at radius 3 is 2.67 bits per heavy atom. The normalized spacial score (nSPS) is 18.2. The molecule has 0 unspecified atom stereocenters. The number of hydrogen-bond donors (Lipinski definition) is 2. The van der Waals surface area contributed by atoms with Crippen molar-refractivity contribution in [3.63, 3.8) is 0 Å². The summed E-state index contributed by atoms with van der Waals surface area (Å²) in [5.74, 6) is 0.334. The lowest BCUT2D eigenvalue weighted by molar-refractivity contribution is -0.142. The molecule has 9 heteroatoms. The fourth-order valence-electron chi connectivity index (χ4n) is 4.36. The number of hydrogen-bond acceptors (Lipinski definition) is 8. The Morgan fingerprint density at radius 2 is 1.90 bits per heavy atom. The van der Waals surface area contributed by atoms with Crippen LogP contribution in [-0.4, -0.2) is 44.3 Å². The second-order valence-corrected chi connectivity index (χ2v) is 9.09. The lowest BCUT2D eigenvalue weighted by atomic mass is 9.97. The number of piperidine rings is 1. The first-order valence-electron chi connectivity index (χ1n) is 10.5. The number of carbonyl (C=O) groups is 1. The van der Waals surface area contributed by atoms with E-state index in [-0.39, 0.29) is 5.92 Å². The zero-order chi connectivity index (χ0) is 20.5. The quantitative estimate of drug-likeness (QED) is 0.628. The third kappa shape index (κ3) is 3.94. The van der Waals surface area contributed by atoms with Crippen molar-refractivity contribution in [2.75, 3.05) is 23.3 Å². The van der Waals surface area contributed by atoms with Crippen molar-refractivity contribution in [1.29, 1.82) is 0 Å². The van der Waals surface area contributed by atoms with Crippen LogP contribution in [0.4, 0.5) is 16.6 Å². The average Bonchev–Trinajstić information content (AvgIpc) is 3.45. The van der Waals surface area contributed by atoms with Crippen LogP contribution in [-0.2, 0) is 4.79 Å². The topological polar surface area (TPSA) is 104 Å². The third-order valence-corrected chi connectivity index (χ3v) is 7.11. The summed E-state index contributed by atoms with van der Waals surface area (Å²) < 4.78 is 0. The molecule has 0 radical (unpaired) electrons. The predicted octanol–water partition coefficient (Wildman–Crippen LogP) is 4.18. The molecule has 1 aliphatic carbocycles. The summed E-state index contributed by atoms with van der Waals surface area (Å²) in [7, 11) is 0. The van der Waals surface area contributed by atoms with Gasteiger partial charge < -0.3 is 15.3 Å². The molecule has 1 aliphatic heterocycles. The van der Waals surface area contributed by atoms with Crippen LogP contribution in [0, 0.1) is 5.92 Å². The van der Waals surface area contributed by atoms with E-state index < -0.39 is 5.97 Å². The van der Waals surface area contributed by atoms with E-state index in [0.717, 1.165) is 45.8 Å². The summed E-state index contributed by atoms with van der Waals surface area (Å²) >= 11 is 1.61. The van der Waals surface area contributed by atoms with Crippen molar-refractivity contribution in [3.8, 4) is 0 Å². The van der Waals surface area contributed by atoms with Crippen LogP contribution in [0.25, 0.3) is 11.0 Å². The monoisotopic (exact) mass is 424 g/mol. The summed E-state index contributed by atoms with van der Waals surface area (Å²) in [4.78, 5) is 22.6. The number of carboxylic acid groups (broad SMARTS) is 1. The van der Waals surface area contributed by atoms with Crippen molar-refractivity contribution in [2.45, 2.75) is 44.4 Å². The molecule has 30 heavy (non-hydrogen) atoms. The van der Waals surface area contributed by atoms with Crippen LogP contribution in [0.15, 0.2) is 24.4 Å². The number of carboxylic acids is 1. The Labute approximate surface area is 178 Å². The highest BCUT2D eigenvalue weighted by Gasteiger charge is 2.25. The zero-order valence-corrected chi connectivity index (χ0v) is 17.4. The summed E-state index contributed by atoms with van der Waals surface area (Å²) in [5.41, 5.74) is 2.61. The third-order valence-electron chi connectivity index (χ3n) is 6.11. The molecule has 0 atom stereocenters. The molecular weight excluding hydrogens is 400 g/mol. The second-order valence-electron chi connectivity index (χ2n) is 8.08. The minimum absolute atomic E-state index is 0.246. The van der Waals surface area contributed by atoms with E-state index in [9.17, 15) is 9.90 Å². The standard InChI is InChI=1S/C21H24N6O2S/c28-20(29)14-7-9-27(10-8-14)15-11-17-16(22-12-15)5-6-18(23-17)24-21-26-25-19(30-21)13-3-1-2-4-13/h5-6,11-14H,1-4,7-10H2,(H,28,29)(H,23,24,26). The molecule has 156 valence electrons. The smallest absolute Gasteiger partial charge is 0.306 e. The van der Waals surface area contributed by atoms with E-state index >= 15 is 0 Å². The highest BCUT2D eigenvalue weighted by atomic mass is 32.1. The molecule has 5 rings (SSSR count). The van der Waals surface area contributed by atoms with Crippen LogP contribution in [0.1, 0.15) is 49.5 Å². The van der Waals surface area contributed by atoms with Gasteiger partial charge in [0.1, 0.15) is 10.8 Å². The second kappa shape index (κ2) is 8.14. The number of nitrogens with one attached hydrogen (secondary N) is 1. The Hall–Kier alpha value is -2.81. The van der Waals surface area contributed by atoms with Gasteiger partial charge in [0.2, 0.25) is 5.13 Å². The SMILES string of the molecule is O=C(O)C1CCN(c2cnc3ccc(Nc4nnc(C5CCCC5)s4)nc3c2)CC1. The number of pyridine rings is 2. The molecule has 3 aromatic rings. The van der Waals surface area contributed by atoms with Gasteiger partial charge in [-0.3, -0.25) is 9.78 Å². The maximum atomic E-state index is 11.2. The molecular formula is C21H24N6O2S. The van der Waals surface area contributed by atoms with Gasteiger partial charge in [-0.15, -0.1) is 10.2 Å². The summed E-state index contributed by atoms with van der Waals surface area (Å²) in [6.45, 7) is 1.44. The van der Waals surface area contributed by atoms with Gasteiger partial charge in [0.25, 0.3) is 0 Å². The highest BCUT2D eigenvalue weighted by molar-refractivity contribution is 7.15. The summed E-state index contributed by atoms with van der Waals surface area (Å²) in [6.07, 6.45) is 8.13. The zero-order valence-electron chi connectivity index (χ0n) is 16.6. The first kappa shape index (κ1) is 19.2. The van der Waals surface area contributed by atoms with Crippen molar-refractivity contribution < 1.29 is 9.90 Å². The van der Waals surface area contributed by atoms with E-state index in [0.29, 0.717) is 18.8 Å². The lowest BCUT2D eigenvalue weighted by Crippen LogP contribution is -2.36. The maximum absolute atomic E-state index is 11.2. The first-order chi connectivity index (χ1) is 14.7. The van der Waals surface area contributed by atoms with Gasteiger partial charge in [-0.2, -0.15) is 0 Å². The number of anilines is 3. The van der Waals surface area contributed by atoms with Crippen molar-refractivity contribution in [1.82, 2.24) is 20.2 Å². The van der Waals surface area contributed by atoms with Crippen LogP contribution in [0.3, 0.4) is 0 Å². The molecule has 1 saturated heterocycles. The fourth-order valence-corrected chi connectivity index (χ4v) is 5.27. The van der Waals surface area contributed by atoms with Crippen LogP contribution in [0.2, 0.25) is 0 Å². The van der Waals surface area contributed by atoms with Gasteiger partial charge in [-0.25, -0.2) is 4.98 Å². The molecule has 0 bridgehead atoms. The molecule has 0 amide bonds. The van der Waals surface area contributed by atoms with E-state index in [1.54, 1.807) is 11.3 Å². The van der Waals surface area contributed by atoms with Crippen molar-refractivity contribution >= 4 is 45.0 Å². The number of nitrogens with zero attached hydrogens (tertiary/aromatic N) is 5. The maximum Gasteiger partial charge on any atom is 0.306 e. The highest BCUT2D eigenvalue weighted by Crippen LogP contribution is 2.37. The van der Waals surface area contributed by atoms with E-state index in [2.05, 4.69) is 25.4 Å². The van der Waals surface area contributed by atoms with Gasteiger partial charge in [-0.05, 0) is 43.9 Å². The molecule has 2 N–H and O–H groups in total. The van der Waals surface area contributed by atoms with Gasteiger partial charge in [0, 0.05) is 19.0 Å². The van der Waals surface area contributed by atoms with Gasteiger partial charge in [0.05, 0.1) is 28.8 Å². The molecule has 0 spiro atoms. The van der Waals surface area contributed by atoms with Crippen LogP contribution in [0.5, 0.6) is 0 Å². The van der Waals surface area contributed by atoms with Crippen LogP contribution < -0.4 is 10.2 Å². The number of aliphatic carboxylic acids is 1. The predicted molar refractivity (Wildman–Crippen MR) is 117 cm³/mol. The Kier molecular flexibility index (Phi) is 5.20. The molecule has 1 saturated carbocycles. The fraction of sp³-hybridized carbons (Fsp3) is 0.476. The largest absolute Gasteiger partial charge is 0.481 e. The number of aromatic nitrogens is 4. The van der Waals surface area contributed by atoms with Crippen LogP contribution >= 0.6 is 11.3 Å². The van der Waals surface area contributed by atoms with Crippen molar-refractivity contribution in [3.05, 3.63) is 29.4 Å². The van der Waals surface area contributed by atoms with E-state index in [1.165, 1.54) is 25.7 Å². The lowest BCUT2D eigenvalue weighted by Gasteiger charge is -2.31. The Balaban J connectivity index is 1.32. The van der Waals surface area contributed by atoms with Gasteiger partial charge in [0.15, 0.2) is 0 Å². The minimum Gasteiger partial charge on any atom is -0.481 e. The molecule has 3 aromatic heterocycles. The molecule has 8 nitrogen and oxygen atoms in total. The average molecular weight is 425 g/mol. The minimum atomic E-state index is -0.698. The van der Waals surface area contributed by atoms with E-state index in [4.69, 9.17) is 4.98 Å². The summed E-state index contributed by atoms with van der Waals surface area (Å²) in [6, 6.07) is 5.88.